The number of amides is 1. The molecule has 1 amide bonds. The normalized spacial score (nSPS) is 10.6. The van der Waals surface area contributed by atoms with Crippen LogP contribution in [0.3, 0.4) is 0 Å². The zero-order valence-electron chi connectivity index (χ0n) is 13.6. The topological polar surface area (TPSA) is 72.9 Å². The molecule has 1 aromatic carbocycles. The Morgan fingerprint density at radius 2 is 1.84 bits per heavy atom. The van der Waals surface area contributed by atoms with Gasteiger partial charge >= 0.3 is 6.18 Å². The third-order valence-corrected chi connectivity index (χ3v) is 3.24. The van der Waals surface area contributed by atoms with Gasteiger partial charge in [0.15, 0.2) is 0 Å². The fourth-order valence-corrected chi connectivity index (χ4v) is 2.22. The Morgan fingerprint density at radius 3 is 2.32 bits per heavy atom. The summed E-state index contributed by atoms with van der Waals surface area (Å²) in [5.41, 5.74) is 6.48. The van der Waals surface area contributed by atoms with Gasteiger partial charge in [-0.1, -0.05) is 0 Å². The number of alkyl halides is 3. The van der Waals surface area contributed by atoms with Gasteiger partial charge in [0.2, 0.25) is 5.91 Å². The smallest absolute Gasteiger partial charge is 0.326 e. The van der Waals surface area contributed by atoms with Crippen LogP contribution in [0.25, 0.3) is 0 Å². The zero-order chi connectivity index (χ0) is 17.2. The Bertz CT molecular complexity index is 732. The maximum absolute atomic E-state index is 12.9. The van der Waals surface area contributed by atoms with Gasteiger partial charge in [0.05, 0.1) is 11.3 Å². The van der Waals surface area contributed by atoms with Gasteiger partial charge in [-0.25, -0.2) is 0 Å². The zero-order valence-corrected chi connectivity index (χ0v) is 15.2. The van der Waals surface area contributed by atoms with Crippen molar-refractivity contribution in [3.63, 3.8) is 0 Å². The van der Waals surface area contributed by atoms with Gasteiger partial charge in [-0.3, -0.25) is 9.48 Å². The number of aryl methyl sites for hydroxylation is 2. The van der Waals surface area contributed by atoms with Crippen LogP contribution in [0.15, 0.2) is 24.3 Å². The molecule has 0 saturated heterocycles. The number of nitrogens with zero attached hydrogens (tertiary/aromatic N) is 2. The molecular weight excluding hydrogens is 380 g/mol. The van der Waals surface area contributed by atoms with E-state index in [9.17, 15) is 18.0 Å². The number of carbonyl (C=O) groups excluding carboxylic acids is 1. The molecule has 1 heterocycles. The average molecular weight is 399 g/mol. The Balaban J connectivity index is 0.00000288. The highest BCUT2D eigenvalue weighted by atomic mass is 35.5. The number of hydrogen-bond acceptors (Lipinski definition) is 3. The third kappa shape index (κ3) is 6.22. The second kappa shape index (κ2) is 9.07. The Morgan fingerprint density at radius 1 is 1.20 bits per heavy atom. The molecule has 0 spiro atoms. The maximum Gasteiger partial charge on any atom is 0.416 e. The number of rotatable bonds is 4. The van der Waals surface area contributed by atoms with E-state index in [1.54, 1.807) is 13.8 Å². The van der Waals surface area contributed by atoms with Crippen molar-refractivity contribution in [2.24, 2.45) is 5.73 Å². The predicted molar refractivity (Wildman–Crippen MR) is 94.2 cm³/mol. The van der Waals surface area contributed by atoms with Crippen molar-refractivity contribution in [3.05, 3.63) is 46.8 Å². The van der Waals surface area contributed by atoms with Gasteiger partial charge in [0, 0.05) is 17.9 Å². The molecule has 0 saturated carbocycles. The first kappa shape index (κ1) is 23.2. The first-order valence-corrected chi connectivity index (χ1v) is 6.91. The molecule has 3 N–H and O–H groups in total. The number of aromatic nitrogens is 2. The largest absolute Gasteiger partial charge is 0.416 e. The minimum absolute atomic E-state index is 0. The molecule has 0 unspecified atom stereocenters. The monoisotopic (exact) mass is 398 g/mol. The summed E-state index contributed by atoms with van der Waals surface area (Å²) < 4.78 is 40.1. The standard InChI is InChI=1S/C15H17F3N4O.2ClH/c1-9-3-10(2)22(21-9)8-14(23)20-13-5-11(7-19)4-12(6-13)15(16,17)18;;/h3-6H,7-8,19H2,1-2H3,(H,20,23);2*1H. The van der Waals surface area contributed by atoms with E-state index in [4.69, 9.17) is 5.73 Å². The van der Waals surface area contributed by atoms with Gasteiger partial charge in [0.25, 0.3) is 0 Å². The van der Waals surface area contributed by atoms with Crippen LogP contribution in [-0.2, 0) is 24.1 Å². The molecule has 0 aliphatic carbocycles. The molecule has 0 atom stereocenters. The number of nitrogens with two attached hydrogens (primary N) is 1. The van der Waals surface area contributed by atoms with Gasteiger partial charge in [-0.05, 0) is 43.7 Å². The van der Waals surface area contributed by atoms with Crippen LogP contribution < -0.4 is 11.1 Å². The lowest BCUT2D eigenvalue weighted by Crippen LogP contribution is -2.21. The quantitative estimate of drug-likeness (QED) is 0.827. The average Bonchev–Trinajstić information content (AvgIpc) is 2.75. The molecule has 5 nitrogen and oxygen atoms in total. The molecule has 0 aliphatic heterocycles. The summed E-state index contributed by atoms with van der Waals surface area (Å²) in [7, 11) is 0. The molecule has 2 rings (SSSR count). The summed E-state index contributed by atoms with van der Waals surface area (Å²) in [5.74, 6) is -0.460. The second-order valence-electron chi connectivity index (χ2n) is 5.25. The molecular formula is C15H19Cl2F3N4O. The van der Waals surface area contributed by atoms with Crippen LogP contribution in [0.5, 0.6) is 0 Å². The Kier molecular flexibility index (Phi) is 8.43. The second-order valence-corrected chi connectivity index (χ2v) is 5.25. The number of nitrogens with one attached hydrogen (secondary N) is 1. The number of benzene rings is 1. The first-order chi connectivity index (χ1) is 10.7. The van der Waals surface area contributed by atoms with Gasteiger partial charge in [-0.15, -0.1) is 24.8 Å². The molecule has 2 aromatic rings. The van der Waals surface area contributed by atoms with E-state index in [2.05, 4.69) is 10.4 Å². The van der Waals surface area contributed by atoms with Gasteiger partial charge < -0.3 is 11.1 Å². The summed E-state index contributed by atoms with van der Waals surface area (Å²) in [6.07, 6.45) is -4.50. The van der Waals surface area contributed by atoms with E-state index in [0.29, 0.717) is 5.56 Å². The van der Waals surface area contributed by atoms with Crippen molar-refractivity contribution in [2.75, 3.05) is 5.32 Å². The van der Waals surface area contributed by atoms with E-state index in [1.165, 1.54) is 10.7 Å². The lowest BCUT2D eigenvalue weighted by molar-refractivity contribution is -0.137. The third-order valence-electron chi connectivity index (χ3n) is 3.24. The summed E-state index contributed by atoms with van der Waals surface area (Å²) in [6, 6.07) is 5.09. The van der Waals surface area contributed by atoms with E-state index in [-0.39, 0.29) is 43.6 Å². The highest BCUT2D eigenvalue weighted by Crippen LogP contribution is 2.32. The Hall–Kier alpha value is -1.77. The first-order valence-electron chi connectivity index (χ1n) is 6.91. The van der Waals surface area contributed by atoms with E-state index >= 15 is 0 Å². The number of carbonyl (C=O) groups is 1. The number of halogens is 5. The molecule has 140 valence electrons. The van der Waals surface area contributed by atoms with Crippen molar-refractivity contribution in [1.82, 2.24) is 9.78 Å². The predicted octanol–water partition coefficient (Wildman–Crippen LogP) is 3.46. The van der Waals surface area contributed by atoms with Crippen molar-refractivity contribution >= 4 is 36.4 Å². The summed E-state index contributed by atoms with van der Waals surface area (Å²) in [4.78, 5) is 12.0. The lowest BCUT2D eigenvalue weighted by Gasteiger charge is -2.13. The number of anilines is 1. The van der Waals surface area contributed by atoms with Crippen molar-refractivity contribution < 1.29 is 18.0 Å². The minimum atomic E-state index is -4.50. The van der Waals surface area contributed by atoms with Crippen LogP contribution in [0, 0.1) is 13.8 Å². The Labute approximate surface area is 155 Å². The summed E-state index contributed by atoms with van der Waals surface area (Å²) >= 11 is 0. The lowest BCUT2D eigenvalue weighted by atomic mass is 10.1. The molecule has 10 heteroatoms. The van der Waals surface area contributed by atoms with Crippen LogP contribution >= 0.6 is 24.8 Å². The molecule has 0 aliphatic rings. The SMILES string of the molecule is Cc1cc(C)n(CC(=O)Nc2cc(CN)cc(C(F)(F)F)c2)n1.Cl.Cl. The fraction of sp³-hybridized carbons (Fsp3) is 0.333. The molecule has 25 heavy (non-hydrogen) atoms. The molecule has 1 aromatic heterocycles. The fourth-order valence-electron chi connectivity index (χ4n) is 2.22. The van der Waals surface area contributed by atoms with Gasteiger partial charge in [-0.2, -0.15) is 18.3 Å². The maximum atomic E-state index is 12.9. The highest BCUT2D eigenvalue weighted by molar-refractivity contribution is 5.90. The summed E-state index contributed by atoms with van der Waals surface area (Å²) in [5, 5.41) is 6.60. The van der Waals surface area contributed by atoms with Crippen LogP contribution in [0.2, 0.25) is 0 Å². The molecule has 0 fully saturated rings. The molecule has 0 radical (unpaired) electrons. The van der Waals surface area contributed by atoms with Crippen LogP contribution in [0.4, 0.5) is 18.9 Å². The highest BCUT2D eigenvalue weighted by Gasteiger charge is 2.31. The van der Waals surface area contributed by atoms with Gasteiger partial charge in [0.1, 0.15) is 6.54 Å². The van der Waals surface area contributed by atoms with E-state index in [0.717, 1.165) is 23.5 Å². The van der Waals surface area contributed by atoms with E-state index < -0.39 is 17.6 Å². The van der Waals surface area contributed by atoms with Crippen molar-refractivity contribution in [3.8, 4) is 0 Å². The van der Waals surface area contributed by atoms with Crippen LogP contribution in [-0.4, -0.2) is 15.7 Å². The number of hydrogen-bond donors (Lipinski definition) is 2. The van der Waals surface area contributed by atoms with Crippen molar-refractivity contribution in [2.45, 2.75) is 33.1 Å². The minimum Gasteiger partial charge on any atom is -0.326 e. The van der Waals surface area contributed by atoms with Crippen LogP contribution in [0.1, 0.15) is 22.5 Å². The van der Waals surface area contributed by atoms with Crippen molar-refractivity contribution in [1.29, 1.82) is 0 Å². The summed E-state index contributed by atoms with van der Waals surface area (Å²) in [6.45, 7) is 3.46. The van der Waals surface area contributed by atoms with E-state index in [1.807, 2.05) is 6.07 Å². The molecule has 0 bridgehead atoms.